The normalized spacial score (nSPS) is 15.8. The van der Waals surface area contributed by atoms with Crippen LogP contribution in [0.5, 0.6) is 17.2 Å². The molecule has 2 aromatic rings. The molecule has 0 amide bonds. The highest BCUT2D eigenvalue weighted by Gasteiger charge is 2.26. The Morgan fingerprint density at radius 2 is 2.00 bits per heavy atom. The Kier molecular flexibility index (Phi) is 4.92. The first-order valence-electron chi connectivity index (χ1n) is 7.96. The van der Waals surface area contributed by atoms with Crippen molar-refractivity contribution < 1.29 is 14.6 Å². The zero-order valence-electron chi connectivity index (χ0n) is 14.5. The van der Waals surface area contributed by atoms with Crippen molar-refractivity contribution in [3.63, 3.8) is 0 Å². The zero-order valence-corrected chi connectivity index (χ0v) is 15.3. The first kappa shape index (κ1) is 17.6. The van der Waals surface area contributed by atoms with Crippen LogP contribution in [-0.4, -0.2) is 25.6 Å². The van der Waals surface area contributed by atoms with Gasteiger partial charge in [0.1, 0.15) is 0 Å². The second kappa shape index (κ2) is 6.98. The molecule has 25 heavy (non-hydrogen) atoms. The number of rotatable bonds is 3. The monoisotopic (exact) mass is 359 g/mol. The Balaban J connectivity index is 2.40. The Bertz CT molecular complexity index is 882. The summed E-state index contributed by atoms with van der Waals surface area (Å²) in [5.74, 6) is 0.767. The lowest BCUT2D eigenvalue weighted by molar-refractivity contribution is 0.333. The van der Waals surface area contributed by atoms with Crippen molar-refractivity contribution >= 4 is 11.8 Å². The van der Waals surface area contributed by atoms with E-state index in [1.54, 1.807) is 12.1 Å². The van der Waals surface area contributed by atoms with Gasteiger partial charge in [0.15, 0.2) is 16.9 Å². The van der Waals surface area contributed by atoms with E-state index >= 15 is 0 Å². The quantitative estimate of drug-likeness (QED) is 0.820. The Hall–Kier alpha value is -2.18. The highest BCUT2D eigenvalue weighted by molar-refractivity contribution is 7.98. The lowest BCUT2D eigenvalue weighted by Gasteiger charge is -2.16. The Morgan fingerprint density at radius 1 is 1.24 bits per heavy atom. The van der Waals surface area contributed by atoms with E-state index in [2.05, 4.69) is 0 Å². The van der Waals surface area contributed by atoms with E-state index in [1.165, 1.54) is 26.0 Å². The first-order valence-corrected chi connectivity index (χ1v) is 9.19. The second-order valence-corrected chi connectivity index (χ2v) is 6.77. The summed E-state index contributed by atoms with van der Waals surface area (Å²) >= 11 is 1.39. The van der Waals surface area contributed by atoms with Crippen LogP contribution >= 0.6 is 11.8 Å². The summed E-state index contributed by atoms with van der Waals surface area (Å²) in [5, 5.41) is 10.9. The SMILES string of the molecule is COc1cc2c(c(O)c1OC)-c1ccc(SC)c(=O)cc1[C@@H](N)CC2. The largest absolute Gasteiger partial charge is 0.504 e. The van der Waals surface area contributed by atoms with Gasteiger partial charge in [0.05, 0.1) is 19.1 Å². The number of benzene rings is 1. The Morgan fingerprint density at radius 3 is 2.64 bits per heavy atom. The van der Waals surface area contributed by atoms with Crippen molar-refractivity contribution in [1.29, 1.82) is 0 Å². The van der Waals surface area contributed by atoms with Gasteiger partial charge in [0.25, 0.3) is 0 Å². The van der Waals surface area contributed by atoms with E-state index in [0.29, 0.717) is 29.1 Å². The summed E-state index contributed by atoms with van der Waals surface area (Å²) < 4.78 is 10.7. The molecule has 1 atom stereocenters. The lowest BCUT2D eigenvalue weighted by Crippen LogP contribution is -2.12. The van der Waals surface area contributed by atoms with E-state index in [1.807, 2.05) is 18.4 Å². The second-order valence-electron chi connectivity index (χ2n) is 5.92. The number of nitrogens with two attached hydrogens (primary N) is 1. The van der Waals surface area contributed by atoms with Crippen LogP contribution in [-0.2, 0) is 6.42 Å². The summed E-state index contributed by atoms with van der Waals surface area (Å²) in [6.45, 7) is 0. The van der Waals surface area contributed by atoms with Crippen LogP contribution in [0.3, 0.4) is 0 Å². The third-order valence-corrected chi connectivity index (χ3v) is 5.36. The molecule has 0 aliphatic heterocycles. The minimum Gasteiger partial charge on any atom is -0.504 e. The average Bonchev–Trinajstić information content (AvgIpc) is 2.84. The number of hydrogen-bond donors (Lipinski definition) is 2. The van der Waals surface area contributed by atoms with Crippen molar-refractivity contribution in [3.05, 3.63) is 45.6 Å². The maximum atomic E-state index is 12.4. The molecule has 3 rings (SSSR count). The summed E-state index contributed by atoms with van der Waals surface area (Å²) in [4.78, 5) is 13.1. The van der Waals surface area contributed by atoms with Gasteiger partial charge in [0.2, 0.25) is 5.75 Å². The van der Waals surface area contributed by atoms with Crippen molar-refractivity contribution in [2.75, 3.05) is 20.5 Å². The molecule has 1 aliphatic rings. The van der Waals surface area contributed by atoms with E-state index in [-0.39, 0.29) is 23.0 Å². The van der Waals surface area contributed by atoms with E-state index < -0.39 is 0 Å². The molecule has 0 heterocycles. The molecule has 0 unspecified atom stereocenters. The van der Waals surface area contributed by atoms with Gasteiger partial charge < -0.3 is 20.3 Å². The molecule has 6 heteroatoms. The van der Waals surface area contributed by atoms with Crippen molar-refractivity contribution in [3.8, 4) is 28.4 Å². The number of aromatic hydroxyl groups is 1. The van der Waals surface area contributed by atoms with Gasteiger partial charge in [-0.2, -0.15) is 0 Å². The van der Waals surface area contributed by atoms with Crippen molar-refractivity contribution in [2.45, 2.75) is 23.8 Å². The first-order chi connectivity index (χ1) is 12.0. The number of phenolic OH excluding ortho intramolecular Hbond substituents is 1. The highest BCUT2D eigenvalue weighted by Crippen LogP contribution is 2.49. The van der Waals surface area contributed by atoms with Crippen LogP contribution in [0, 0.1) is 0 Å². The number of hydrogen-bond acceptors (Lipinski definition) is 6. The molecule has 3 N–H and O–H groups in total. The van der Waals surface area contributed by atoms with Crippen LogP contribution in [0.4, 0.5) is 0 Å². The van der Waals surface area contributed by atoms with E-state index in [0.717, 1.165) is 16.7 Å². The van der Waals surface area contributed by atoms with Gasteiger partial charge in [-0.3, -0.25) is 4.79 Å². The number of aryl methyl sites for hydroxylation is 1. The molecule has 0 bridgehead atoms. The van der Waals surface area contributed by atoms with Crippen molar-refractivity contribution in [1.82, 2.24) is 0 Å². The van der Waals surface area contributed by atoms with Gasteiger partial charge in [0, 0.05) is 11.6 Å². The van der Waals surface area contributed by atoms with Crippen molar-refractivity contribution in [2.24, 2.45) is 5.73 Å². The number of thioether (sulfide) groups is 1. The van der Waals surface area contributed by atoms with Gasteiger partial charge in [-0.1, -0.05) is 6.07 Å². The molecule has 0 spiro atoms. The summed E-state index contributed by atoms with van der Waals surface area (Å²) in [6, 6.07) is 6.82. The van der Waals surface area contributed by atoms with Gasteiger partial charge in [-0.05, 0) is 54.0 Å². The third kappa shape index (κ3) is 2.96. The summed E-state index contributed by atoms with van der Waals surface area (Å²) in [6.07, 6.45) is 3.21. The van der Waals surface area contributed by atoms with Gasteiger partial charge >= 0.3 is 0 Å². The molecule has 0 saturated carbocycles. The van der Waals surface area contributed by atoms with Gasteiger partial charge in [-0.15, -0.1) is 11.8 Å². The molecule has 0 aromatic heterocycles. The predicted octanol–water partition coefficient (Wildman–Crippen LogP) is 3.10. The number of ether oxygens (including phenoxy) is 2. The molecule has 1 aliphatic carbocycles. The maximum absolute atomic E-state index is 12.4. The molecular formula is C19H21NO4S. The average molecular weight is 359 g/mol. The topological polar surface area (TPSA) is 81.8 Å². The maximum Gasteiger partial charge on any atom is 0.203 e. The minimum absolute atomic E-state index is 0.0107. The fraction of sp³-hybridized carbons (Fsp3) is 0.316. The standard InChI is InChI=1S/C19H21NO4S/c1-23-15-8-10-4-6-13(20)12-9-14(21)16(25-3)7-5-11(12)17(10)18(22)19(15)24-2/h5,7-9,13,22H,4,6,20H2,1-3H3/t13-/m0/s1. The fourth-order valence-corrected chi connectivity index (χ4v) is 3.79. The molecule has 2 aromatic carbocycles. The molecule has 0 saturated heterocycles. The molecular weight excluding hydrogens is 338 g/mol. The van der Waals surface area contributed by atoms with Crippen LogP contribution < -0.4 is 20.6 Å². The van der Waals surface area contributed by atoms with Crippen LogP contribution in [0.15, 0.2) is 34.0 Å². The summed E-state index contributed by atoms with van der Waals surface area (Å²) in [7, 11) is 3.02. The van der Waals surface area contributed by atoms with Crippen LogP contribution in [0.1, 0.15) is 23.6 Å². The molecule has 5 nitrogen and oxygen atoms in total. The van der Waals surface area contributed by atoms with Crippen LogP contribution in [0.25, 0.3) is 11.1 Å². The predicted molar refractivity (Wildman–Crippen MR) is 99.9 cm³/mol. The minimum atomic E-state index is -0.284. The number of phenols is 1. The van der Waals surface area contributed by atoms with Gasteiger partial charge in [-0.25, -0.2) is 0 Å². The molecule has 0 fully saturated rings. The molecule has 0 radical (unpaired) electrons. The smallest absolute Gasteiger partial charge is 0.203 e. The molecule has 132 valence electrons. The number of methoxy groups -OCH3 is 2. The fourth-order valence-electron chi connectivity index (χ4n) is 3.32. The van der Waals surface area contributed by atoms with E-state index in [9.17, 15) is 9.90 Å². The highest BCUT2D eigenvalue weighted by atomic mass is 32.2. The lowest BCUT2D eigenvalue weighted by atomic mass is 9.96. The zero-order chi connectivity index (χ0) is 18.1. The number of fused-ring (bicyclic) bond motifs is 3. The Labute approximate surface area is 150 Å². The third-order valence-electron chi connectivity index (χ3n) is 4.58. The van der Waals surface area contributed by atoms with Crippen LogP contribution in [0.2, 0.25) is 0 Å². The summed E-state index contributed by atoms with van der Waals surface area (Å²) in [5.41, 5.74) is 9.36. The van der Waals surface area contributed by atoms with E-state index in [4.69, 9.17) is 15.2 Å².